The zero-order valence-electron chi connectivity index (χ0n) is 11.7. The summed E-state index contributed by atoms with van der Waals surface area (Å²) >= 11 is 1.52. The van der Waals surface area contributed by atoms with E-state index in [-0.39, 0.29) is 0 Å². The predicted molar refractivity (Wildman–Crippen MR) is 77.4 cm³/mol. The van der Waals surface area contributed by atoms with Gasteiger partial charge in [-0.15, -0.1) is 0 Å². The number of hydrogen-bond acceptors (Lipinski definition) is 5. The van der Waals surface area contributed by atoms with Crippen LogP contribution in [0.2, 0.25) is 0 Å². The molecule has 19 heavy (non-hydrogen) atoms. The summed E-state index contributed by atoms with van der Waals surface area (Å²) in [5.41, 5.74) is 4.37. The molecule has 1 N–H and O–H groups in total. The van der Waals surface area contributed by atoms with Crippen molar-refractivity contribution in [1.29, 1.82) is 0 Å². The molecule has 2 aromatic heterocycles. The Balaban J connectivity index is 2.31. The van der Waals surface area contributed by atoms with Gasteiger partial charge in [-0.2, -0.15) is 0 Å². The molecule has 2 rings (SSSR count). The molecule has 100 valence electrons. The molecule has 0 unspecified atom stereocenters. The van der Waals surface area contributed by atoms with Gasteiger partial charge < -0.3 is 5.32 Å². The molecule has 2 aromatic rings. The molecule has 0 atom stereocenters. The first-order valence-electron chi connectivity index (χ1n) is 6.20. The summed E-state index contributed by atoms with van der Waals surface area (Å²) in [6.45, 7) is 6.87. The Morgan fingerprint density at radius 1 is 1.16 bits per heavy atom. The van der Waals surface area contributed by atoms with Crippen LogP contribution in [0, 0.1) is 20.8 Å². The van der Waals surface area contributed by atoms with Crippen molar-refractivity contribution in [2.45, 2.75) is 37.5 Å². The van der Waals surface area contributed by atoms with Crippen LogP contribution in [-0.4, -0.2) is 22.0 Å². The molecule has 0 amide bonds. The second-order valence-corrected chi connectivity index (χ2v) is 5.36. The molecule has 0 radical (unpaired) electrons. The summed E-state index contributed by atoms with van der Waals surface area (Å²) in [6, 6.07) is 4.02. The van der Waals surface area contributed by atoms with Gasteiger partial charge >= 0.3 is 0 Å². The van der Waals surface area contributed by atoms with E-state index < -0.39 is 0 Å². The fourth-order valence-corrected chi connectivity index (χ4v) is 2.64. The van der Waals surface area contributed by atoms with Crippen molar-refractivity contribution in [3.63, 3.8) is 0 Å². The van der Waals surface area contributed by atoms with Gasteiger partial charge in [0, 0.05) is 24.1 Å². The molecule has 0 saturated carbocycles. The molecule has 4 nitrogen and oxygen atoms in total. The van der Waals surface area contributed by atoms with Crippen molar-refractivity contribution >= 4 is 11.8 Å². The van der Waals surface area contributed by atoms with Gasteiger partial charge in [0.1, 0.15) is 5.03 Å². The van der Waals surface area contributed by atoms with Crippen molar-refractivity contribution in [2.75, 3.05) is 7.05 Å². The normalized spacial score (nSPS) is 10.7. The van der Waals surface area contributed by atoms with Crippen molar-refractivity contribution in [2.24, 2.45) is 0 Å². The second kappa shape index (κ2) is 6.12. The number of aryl methyl sites for hydroxylation is 2. The molecular weight excluding hydrogens is 256 g/mol. The van der Waals surface area contributed by atoms with Gasteiger partial charge in [-0.1, -0.05) is 6.07 Å². The monoisotopic (exact) mass is 274 g/mol. The van der Waals surface area contributed by atoms with Crippen molar-refractivity contribution < 1.29 is 0 Å². The molecule has 0 aliphatic heterocycles. The second-order valence-electron chi connectivity index (χ2n) is 4.40. The van der Waals surface area contributed by atoms with E-state index in [4.69, 9.17) is 0 Å². The topological polar surface area (TPSA) is 50.7 Å². The molecule has 0 bridgehead atoms. The molecule has 0 spiro atoms. The highest BCUT2D eigenvalue weighted by molar-refractivity contribution is 7.99. The highest BCUT2D eigenvalue weighted by atomic mass is 32.2. The minimum Gasteiger partial charge on any atom is -0.316 e. The largest absolute Gasteiger partial charge is 0.316 e. The average molecular weight is 274 g/mol. The molecule has 0 saturated heterocycles. The maximum Gasteiger partial charge on any atom is 0.194 e. The van der Waals surface area contributed by atoms with E-state index >= 15 is 0 Å². The minimum absolute atomic E-state index is 0.761. The smallest absolute Gasteiger partial charge is 0.194 e. The number of pyridine rings is 1. The summed E-state index contributed by atoms with van der Waals surface area (Å²) in [4.78, 5) is 13.5. The molecule has 0 aliphatic carbocycles. The first-order chi connectivity index (χ1) is 9.11. The Morgan fingerprint density at radius 3 is 2.47 bits per heavy atom. The van der Waals surface area contributed by atoms with E-state index in [0.29, 0.717) is 0 Å². The van der Waals surface area contributed by atoms with Crippen LogP contribution in [0.25, 0.3) is 0 Å². The standard InChI is InChI=1S/C14H18N4S/c1-9-10(2)17-14(18-11(9)3)19-13-12(8-15-4)6-5-7-16-13/h5-7,15H,8H2,1-4H3. The van der Waals surface area contributed by atoms with Crippen molar-refractivity contribution in [3.8, 4) is 0 Å². The summed E-state index contributed by atoms with van der Waals surface area (Å²) < 4.78 is 0. The zero-order valence-corrected chi connectivity index (χ0v) is 12.5. The highest BCUT2D eigenvalue weighted by Crippen LogP contribution is 2.26. The van der Waals surface area contributed by atoms with Gasteiger partial charge in [-0.3, -0.25) is 0 Å². The summed E-state index contributed by atoms with van der Waals surface area (Å²) in [7, 11) is 1.93. The Kier molecular flexibility index (Phi) is 4.50. The van der Waals surface area contributed by atoms with Gasteiger partial charge in [-0.25, -0.2) is 15.0 Å². The van der Waals surface area contributed by atoms with Crippen molar-refractivity contribution in [3.05, 3.63) is 40.8 Å². The van der Waals surface area contributed by atoms with Crippen LogP contribution in [0.15, 0.2) is 28.5 Å². The SMILES string of the molecule is CNCc1cccnc1Sc1nc(C)c(C)c(C)n1. The zero-order chi connectivity index (χ0) is 13.8. The van der Waals surface area contributed by atoms with Crippen LogP contribution in [-0.2, 0) is 6.54 Å². The van der Waals surface area contributed by atoms with E-state index in [1.807, 2.05) is 33.9 Å². The first-order valence-corrected chi connectivity index (χ1v) is 7.01. The lowest BCUT2D eigenvalue weighted by Crippen LogP contribution is -2.07. The van der Waals surface area contributed by atoms with Gasteiger partial charge in [0.2, 0.25) is 0 Å². The predicted octanol–water partition coefficient (Wildman–Crippen LogP) is 2.67. The molecule has 0 aromatic carbocycles. The van der Waals surface area contributed by atoms with E-state index in [1.54, 1.807) is 6.20 Å². The Hall–Kier alpha value is -1.46. The fourth-order valence-electron chi connectivity index (χ4n) is 1.71. The Labute approximate surface area is 118 Å². The van der Waals surface area contributed by atoms with Crippen LogP contribution in [0.1, 0.15) is 22.5 Å². The Bertz CT molecular complexity index is 560. The van der Waals surface area contributed by atoms with E-state index in [9.17, 15) is 0 Å². The van der Waals surface area contributed by atoms with Crippen LogP contribution in [0.4, 0.5) is 0 Å². The fraction of sp³-hybridized carbons (Fsp3) is 0.357. The van der Waals surface area contributed by atoms with Gasteiger partial charge in [0.25, 0.3) is 0 Å². The lowest BCUT2D eigenvalue weighted by molar-refractivity contribution is 0.787. The lowest BCUT2D eigenvalue weighted by Gasteiger charge is -2.09. The quantitative estimate of drug-likeness (QED) is 0.869. The number of nitrogens with one attached hydrogen (secondary N) is 1. The summed E-state index contributed by atoms with van der Waals surface area (Å²) in [6.07, 6.45) is 1.80. The highest BCUT2D eigenvalue weighted by Gasteiger charge is 2.09. The van der Waals surface area contributed by atoms with Gasteiger partial charge in [0.05, 0.1) is 0 Å². The molecule has 0 fully saturated rings. The average Bonchev–Trinajstić information content (AvgIpc) is 2.38. The van der Waals surface area contributed by atoms with Gasteiger partial charge in [0.15, 0.2) is 5.16 Å². The third-order valence-electron chi connectivity index (χ3n) is 3.02. The van der Waals surface area contributed by atoms with Crippen molar-refractivity contribution in [1.82, 2.24) is 20.3 Å². The number of hydrogen-bond donors (Lipinski definition) is 1. The first kappa shape index (κ1) is 14.0. The van der Waals surface area contributed by atoms with Crippen LogP contribution < -0.4 is 5.32 Å². The maximum atomic E-state index is 4.52. The molecule has 0 aliphatic rings. The summed E-state index contributed by atoms with van der Waals surface area (Å²) in [5, 5.41) is 4.87. The number of rotatable bonds is 4. The third kappa shape index (κ3) is 3.30. The molecular formula is C14H18N4S. The molecule has 5 heteroatoms. The van der Waals surface area contributed by atoms with E-state index in [0.717, 1.165) is 39.2 Å². The molecule has 2 heterocycles. The minimum atomic E-state index is 0.761. The van der Waals surface area contributed by atoms with Crippen LogP contribution in [0.3, 0.4) is 0 Å². The van der Waals surface area contributed by atoms with E-state index in [1.165, 1.54) is 11.8 Å². The third-order valence-corrected chi connectivity index (χ3v) is 3.94. The lowest BCUT2D eigenvalue weighted by atomic mass is 10.2. The van der Waals surface area contributed by atoms with E-state index in [2.05, 4.69) is 26.3 Å². The summed E-state index contributed by atoms with van der Waals surface area (Å²) in [5.74, 6) is 0. The number of aromatic nitrogens is 3. The van der Waals surface area contributed by atoms with Gasteiger partial charge in [-0.05, 0) is 56.8 Å². The van der Waals surface area contributed by atoms with Crippen LogP contribution >= 0.6 is 11.8 Å². The van der Waals surface area contributed by atoms with Crippen LogP contribution in [0.5, 0.6) is 0 Å². The maximum absolute atomic E-state index is 4.52. The Morgan fingerprint density at radius 2 is 1.84 bits per heavy atom. The number of nitrogens with zero attached hydrogens (tertiary/aromatic N) is 3.